The van der Waals surface area contributed by atoms with Gasteiger partial charge in [0.25, 0.3) is 0 Å². The Morgan fingerprint density at radius 3 is 2.37 bits per heavy atom. The zero-order valence-electron chi connectivity index (χ0n) is 15.7. The lowest BCUT2D eigenvalue weighted by Crippen LogP contribution is -1.96. The average Bonchev–Trinajstić information content (AvgIpc) is 3.00. The van der Waals surface area contributed by atoms with Gasteiger partial charge in [-0.2, -0.15) is 0 Å². The van der Waals surface area contributed by atoms with E-state index in [0.29, 0.717) is 0 Å². The Labute approximate surface area is 162 Å². The van der Waals surface area contributed by atoms with E-state index in [9.17, 15) is 0 Å². The van der Waals surface area contributed by atoms with Crippen LogP contribution in [-0.2, 0) is 6.42 Å². The molecule has 3 aromatic carbocycles. The predicted octanol–water partition coefficient (Wildman–Crippen LogP) is 7.15. The van der Waals surface area contributed by atoms with Gasteiger partial charge in [-0.1, -0.05) is 109 Å². The van der Waals surface area contributed by atoms with E-state index in [1.165, 1.54) is 39.0 Å². The van der Waals surface area contributed by atoms with Gasteiger partial charge in [0.1, 0.15) is 0 Å². The molecule has 0 atom stereocenters. The highest BCUT2D eigenvalue weighted by Crippen LogP contribution is 2.27. The van der Waals surface area contributed by atoms with Crippen LogP contribution < -0.4 is 0 Å². The first-order valence-corrected chi connectivity index (χ1v) is 9.57. The molecule has 1 aliphatic rings. The number of hydrogen-bond donors (Lipinski definition) is 0. The van der Waals surface area contributed by atoms with Crippen LogP contribution >= 0.6 is 0 Å². The highest BCUT2D eigenvalue weighted by molar-refractivity contribution is 5.77. The Bertz CT molecular complexity index is 1000. The Balaban J connectivity index is 1.62. The molecule has 0 heterocycles. The van der Waals surface area contributed by atoms with Crippen LogP contribution in [0.2, 0.25) is 0 Å². The first-order valence-electron chi connectivity index (χ1n) is 9.57. The summed E-state index contributed by atoms with van der Waals surface area (Å²) in [6.45, 7) is 2.17. The molecule has 0 amide bonds. The van der Waals surface area contributed by atoms with E-state index >= 15 is 0 Å². The number of aryl methyl sites for hydroxylation is 1. The normalized spacial score (nSPS) is 13.3. The third-order valence-electron chi connectivity index (χ3n) is 5.03. The van der Waals surface area contributed by atoms with E-state index in [2.05, 4.69) is 110 Å². The van der Waals surface area contributed by atoms with E-state index in [0.717, 1.165) is 12.8 Å². The summed E-state index contributed by atoms with van der Waals surface area (Å²) in [7, 11) is 0. The molecule has 0 nitrogen and oxygen atoms in total. The summed E-state index contributed by atoms with van der Waals surface area (Å²) in [5.74, 6) is 0. The molecule has 0 spiro atoms. The zero-order chi connectivity index (χ0) is 18.5. The minimum Gasteiger partial charge on any atom is -0.0807 e. The minimum atomic E-state index is 0.948. The number of allylic oxidation sites excluding steroid dienone is 6. The Morgan fingerprint density at radius 2 is 1.56 bits per heavy atom. The molecule has 0 aliphatic heterocycles. The predicted molar refractivity (Wildman–Crippen MR) is 117 cm³/mol. The number of benzene rings is 3. The molecule has 27 heavy (non-hydrogen) atoms. The number of hydrogen-bond acceptors (Lipinski definition) is 0. The van der Waals surface area contributed by atoms with Crippen LogP contribution in [0.5, 0.6) is 0 Å². The Hall–Kier alpha value is -3.12. The fourth-order valence-corrected chi connectivity index (χ4v) is 3.56. The molecule has 132 valence electrons. The molecule has 0 heteroatoms. The Kier molecular flexibility index (Phi) is 5.16. The molecule has 1 aliphatic carbocycles. The van der Waals surface area contributed by atoms with Crippen LogP contribution in [0.25, 0.3) is 16.7 Å². The maximum atomic E-state index is 2.32. The van der Waals surface area contributed by atoms with Gasteiger partial charge in [-0.3, -0.25) is 0 Å². The van der Waals surface area contributed by atoms with Crippen molar-refractivity contribution in [3.63, 3.8) is 0 Å². The third-order valence-corrected chi connectivity index (χ3v) is 5.03. The van der Waals surface area contributed by atoms with Crippen molar-refractivity contribution in [2.45, 2.75) is 19.8 Å². The van der Waals surface area contributed by atoms with Crippen molar-refractivity contribution in [3.8, 4) is 11.1 Å². The maximum Gasteiger partial charge on any atom is -0.00196 e. The minimum absolute atomic E-state index is 0.948. The van der Waals surface area contributed by atoms with Crippen LogP contribution in [0.15, 0.2) is 103 Å². The molecular formula is C27H24. The lowest BCUT2D eigenvalue weighted by molar-refractivity contribution is 1.17. The topological polar surface area (TPSA) is 0 Å². The zero-order valence-corrected chi connectivity index (χ0v) is 15.7. The largest absolute Gasteiger partial charge is 0.0807 e. The first-order chi connectivity index (χ1) is 13.3. The highest BCUT2D eigenvalue weighted by atomic mass is 14.1. The van der Waals surface area contributed by atoms with Crippen LogP contribution in [0.1, 0.15) is 28.7 Å². The van der Waals surface area contributed by atoms with E-state index in [4.69, 9.17) is 0 Å². The van der Waals surface area contributed by atoms with Gasteiger partial charge in [-0.25, -0.2) is 0 Å². The third kappa shape index (κ3) is 4.17. The van der Waals surface area contributed by atoms with Crippen LogP contribution in [0.4, 0.5) is 0 Å². The number of rotatable bonds is 4. The molecule has 0 unspecified atom stereocenters. The fraction of sp³-hybridized carbons (Fsp3) is 0.111. The van der Waals surface area contributed by atoms with Crippen molar-refractivity contribution in [3.05, 3.63) is 125 Å². The van der Waals surface area contributed by atoms with Gasteiger partial charge in [0.15, 0.2) is 0 Å². The van der Waals surface area contributed by atoms with E-state index < -0.39 is 0 Å². The second-order valence-electron chi connectivity index (χ2n) is 7.08. The second kappa shape index (κ2) is 8.05. The van der Waals surface area contributed by atoms with Crippen molar-refractivity contribution in [2.75, 3.05) is 0 Å². The molecule has 0 saturated carbocycles. The molecule has 0 aromatic heterocycles. The second-order valence-corrected chi connectivity index (χ2v) is 7.08. The van der Waals surface area contributed by atoms with E-state index in [1.807, 2.05) is 0 Å². The van der Waals surface area contributed by atoms with Gasteiger partial charge in [-0.15, -0.1) is 0 Å². The smallest absolute Gasteiger partial charge is 0.00196 e. The monoisotopic (exact) mass is 348 g/mol. The maximum absolute atomic E-state index is 2.32. The lowest BCUT2D eigenvalue weighted by Gasteiger charge is -2.13. The van der Waals surface area contributed by atoms with Crippen molar-refractivity contribution < 1.29 is 0 Å². The standard InChI is InChI=1S/C27H24/c1-21-13-16-26(27(19-21)25-11-5-2-3-6-12-25)20-22-14-17-24(18-15-22)23-9-7-4-8-10-23/h2-5,7-19H,6,20H2,1H3. The van der Waals surface area contributed by atoms with Gasteiger partial charge < -0.3 is 0 Å². The van der Waals surface area contributed by atoms with Crippen molar-refractivity contribution >= 4 is 5.57 Å². The van der Waals surface area contributed by atoms with Gasteiger partial charge in [0, 0.05) is 0 Å². The van der Waals surface area contributed by atoms with Crippen LogP contribution in [-0.4, -0.2) is 0 Å². The quantitative estimate of drug-likeness (QED) is 0.469. The SMILES string of the molecule is Cc1ccc(Cc2ccc(-c3ccccc3)cc2)c(C2=CCC=CC=C2)c1. The summed E-state index contributed by atoms with van der Waals surface area (Å²) in [5, 5.41) is 0. The van der Waals surface area contributed by atoms with Gasteiger partial charge in [0.05, 0.1) is 0 Å². The summed E-state index contributed by atoms with van der Waals surface area (Å²) >= 11 is 0. The van der Waals surface area contributed by atoms with Crippen molar-refractivity contribution in [1.29, 1.82) is 0 Å². The van der Waals surface area contributed by atoms with Crippen LogP contribution in [0.3, 0.4) is 0 Å². The average molecular weight is 348 g/mol. The molecule has 0 radical (unpaired) electrons. The summed E-state index contributed by atoms with van der Waals surface area (Å²) in [6, 6.07) is 26.3. The lowest BCUT2D eigenvalue weighted by atomic mass is 9.92. The van der Waals surface area contributed by atoms with Crippen molar-refractivity contribution in [1.82, 2.24) is 0 Å². The molecule has 3 aromatic rings. The Morgan fingerprint density at radius 1 is 0.778 bits per heavy atom. The van der Waals surface area contributed by atoms with Crippen LogP contribution in [0, 0.1) is 6.92 Å². The van der Waals surface area contributed by atoms with E-state index in [-0.39, 0.29) is 0 Å². The molecule has 0 saturated heterocycles. The summed E-state index contributed by atoms with van der Waals surface area (Å²) in [5.41, 5.74) is 9.23. The summed E-state index contributed by atoms with van der Waals surface area (Å²) in [4.78, 5) is 0. The molecule has 4 rings (SSSR count). The molecule has 0 N–H and O–H groups in total. The summed E-state index contributed by atoms with van der Waals surface area (Å²) < 4.78 is 0. The van der Waals surface area contributed by atoms with Crippen molar-refractivity contribution in [2.24, 2.45) is 0 Å². The first kappa shape index (κ1) is 17.3. The molecule has 0 fully saturated rings. The summed E-state index contributed by atoms with van der Waals surface area (Å²) in [6.07, 6.45) is 12.9. The van der Waals surface area contributed by atoms with Gasteiger partial charge >= 0.3 is 0 Å². The molecular weight excluding hydrogens is 324 g/mol. The fourth-order valence-electron chi connectivity index (χ4n) is 3.56. The van der Waals surface area contributed by atoms with E-state index in [1.54, 1.807) is 0 Å². The van der Waals surface area contributed by atoms with Gasteiger partial charge in [-0.05, 0) is 53.2 Å². The van der Waals surface area contributed by atoms with Gasteiger partial charge in [0.2, 0.25) is 0 Å². The highest BCUT2D eigenvalue weighted by Gasteiger charge is 2.08. The molecule has 0 bridgehead atoms.